The molecule has 1 spiro atoms. The molecule has 0 bridgehead atoms. The van der Waals surface area contributed by atoms with Gasteiger partial charge in [-0.05, 0) is 19.3 Å². The molecule has 0 radical (unpaired) electrons. The minimum absolute atomic E-state index is 0.632. The van der Waals surface area contributed by atoms with Crippen molar-refractivity contribution in [2.24, 2.45) is 5.41 Å². The number of nitrogens with one attached hydrogen (secondary N) is 1. The Morgan fingerprint density at radius 3 is 2.64 bits per heavy atom. The second kappa shape index (κ2) is 2.76. The topological polar surface area (TPSA) is 21.3 Å². The van der Waals surface area contributed by atoms with Crippen LogP contribution in [0, 0.1) is 5.41 Å². The smallest absolute Gasteiger partial charge is 0.0472 e. The Balaban J connectivity index is 1.97. The summed E-state index contributed by atoms with van der Waals surface area (Å²) in [5.74, 6) is 0. The molecule has 0 aliphatic carbocycles. The van der Waals surface area contributed by atoms with E-state index >= 15 is 0 Å². The third kappa shape index (κ3) is 1.09. The summed E-state index contributed by atoms with van der Waals surface area (Å²) in [6, 6.07) is 0.784. The Bertz CT molecular complexity index is 138. The van der Waals surface area contributed by atoms with Gasteiger partial charge in [-0.15, -0.1) is 0 Å². The van der Waals surface area contributed by atoms with E-state index in [1.165, 1.54) is 25.8 Å². The molecule has 0 saturated carbocycles. The average molecular weight is 155 g/mol. The summed E-state index contributed by atoms with van der Waals surface area (Å²) >= 11 is 0. The molecule has 1 atom stereocenters. The highest BCUT2D eigenvalue weighted by Crippen LogP contribution is 2.40. The van der Waals surface area contributed by atoms with Gasteiger partial charge in [0.25, 0.3) is 0 Å². The predicted octanol–water partition coefficient (Wildman–Crippen LogP) is 1.17. The highest BCUT2D eigenvalue weighted by Gasteiger charge is 2.45. The van der Waals surface area contributed by atoms with E-state index in [-0.39, 0.29) is 0 Å². The van der Waals surface area contributed by atoms with Gasteiger partial charge in [-0.25, -0.2) is 0 Å². The van der Waals surface area contributed by atoms with E-state index in [2.05, 4.69) is 12.2 Å². The minimum atomic E-state index is 0.632. The van der Waals surface area contributed by atoms with Crippen LogP contribution in [0.15, 0.2) is 0 Å². The quantitative estimate of drug-likeness (QED) is 0.613. The van der Waals surface area contributed by atoms with Crippen molar-refractivity contribution >= 4 is 0 Å². The van der Waals surface area contributed by atoms with Crippen LogP contribution in [-0.2, 0) is 4.74 Å². The Morgan fingerprint density at radius 2 is 2.18 bits per heavy atom. The first kappa shape index (κ1) is 7.56. The van der Waals surface area contributed by atoms with E-state index in [0.29, 0.717) is 5.41 Å². The fourth-order valence-corrected chi connectivity index (χ4v) is 2.42. The van der Waals surface area contributed by atoms with Crippen molar-refractivity contribution in [1.82, 2.24) is 5.32 Å². The van der Waals surface area contributed by atoms with Gasteiger partial charge in [0.1, 0.15) is 0 Å². The van der Waals surface area contributed by atoms with Crippen molar-refractivity contribution in [2.45, 2.75) is 32.2 Å². The van der Waals surface area contributed by atoms with Crippen LogP contribution in [0.3, 0.4) is 0 Å². The number of ether oxygens (including phenoxy) is 1. The van der Waals surface area contributed by atoms with E-state index in [9.17, 15) is 0 Å². The third-order valence-corrected chi connectivity index (χ3v) is 3.34. The van der Waals surface area contributed by atoms with Crippen LogP contribution >= 0.6 is 0 Å². The molecule has 1 N–H and O–H groups in total. The average Bonchev–Trinajstić information content (AvgIpc) is 2.05. The Hall–Kier alpha value is -0.0800. The maximum Gasteiger partial charge on any atom is 0.0472 e. The van der Waals surface area contributed by atoms with Crippen LogP contribution in [0.25, 0.3) is 0 Å². The van der Waals surface area contributed by atoms with Crippen LogP contribution in [0.5, 0.6) is 0 Å². The first-order chi connectivity index (χ1) is 5.37. The summed E-state index contributed by atoms with van der Waals surface area (Å²) in [7, 11) is 0. The monoisotopic (exact) mass is 155 g/mol. The van der Waals surface area contributed by atoms with Crippen molar-refractivity contribution in [2.75, 3.05) is 19.8 Å². The second-order valence-electron chi connectivity index (χ2n) is 3.82. The third-order valence-electron chi connectivity index (χ3n) is 3.34. The maximum atomic E-state index is 5.37. The lowest BCUT2D eigenvalue weighted by Gasteiger charge is -2.52. The highest BCUT2D eigenvalue weighted by molar-refractivity contribution is 5.01. The maximum absolute atomic E-state index is 5.37. The first-order valence-electron chi connectivity index (χ1n) is 4.68. The first-order valence-corrected chi connectivity index (χ1v) is 4.68. The fourth-order valence-electron chi connectivity index (χ4n) is 2.42. The summed E-state index contributed by atoms with van der Waals surface area (Å²) in [5, 5.41) is 3.50. The molecular formula is C9H17NO. The zero-order chi connectivity index (χ0) is 7.73. The molecule has 0 unspecified atom stereocenters. The van der Waals surface area contributed by atoms with Gasteiger partial charge in [0.15, 0.2) is 0 Å². The van der Waals surface area contributed by atoms with Gasteiger partial charge in [0, 0.05) is 31.2 Å². The van der Waals surface area contributed by atoms with Gasteiger partial charge in [-0.1, -0.05) is 6.92 Å². The summed E-state index contributed by atoms with van der Waals surface area (Å²) in [6.45, 7) is 5.47. The van der Waals surface area contributed by atoms with Crippen molar-refractivity contribution in [1.29, 1.82) is 0 Å². The van der Waals surface area contributed by atoms with Gasteiger partial charge in [-0.2, -0.15) is 0 Å². The molecule has 2 nitrogen and oxygen atoms in total. The zero-order valence-corrected chi connectivity index (χ0v) is 7.23. The molecule has 11 heavy (non-hydrogen) atoms. The lowest BCUT2D eigenvalue weighted by atomic mass is 9.67. The van der Waals surface area contributed by atoms with Crippen molar-refractivity contribution in [3.05, 3.63) is 0 Å². The standard InChI is InChI=1S/C9H17NO/c1-2-8-9(7-10-8)3-5-11-6-4-9/h8,10H,2-7H2,1H3/t8-/m1/s1. The number of hydrogen-bond acceptors (Lipinski definition) is 2. The van der Waals surface area contributed by atoms with Gasteiger partial charge in [0.2, 0.25) is 0 Å². The Morgan fingerprint density at radius 1 is 1.45 bits per heavy atom. The molecule has 0 aromatic rings. The largest absolute Gasteiger partial charge is 0.381 e. The van der Waals surface area contributed by atoms with E-state index in [1.807, 2.05) is 0 Å². The van der Waals surface area contributed by atoms with Gasteiger partial charge < -0.3 is 10.1 Å². The Kier molecular flexibility index (Phi) is 1.90. The molecule has 2 saturated heterocycles. The number of hydrogen-bond donors (Lipinski definition) is 1. The van der Waals surface area contributed by atoms with Crippen LogP contribution in [0.4, 0.5) is 0 Å². The van der Waals surface area contributed by atoms with Crippen LogP contribution in [-0.4, -0.2) is 25.8 Å². The summed E-state index contributed by atoms with van der Waals surface area (Å²) in [5.41, 5.74) is 0.632. The molecule has 2 fully saturated rings. The molecule has 2 heteroatoms. The van der Waals surface area contributed by atoms with Crippen molar-refractivity contribution < 1.29 is 4.74 Å². The van der Waals surface area contributed by atoms with Gasteiger partial charge in [0.05, 0.1) is 0 Å². The van der Waals surface area contributed by atoms with Crippen molar-refractivity contribution in [3.8, 4) is 0 Å². The molecule has 0 amide bonds. The minimum Gasteiger partial charge on any atom is -0.381 e. The lowest BCUT2D eigenvalue weighted by Crippen LogP contribution is -2.63. The Labute approximate surface area is 68.3 Å². The molecule has 0 aromatic carbocycles. The molecule has 2 heterocycles. The molecule has 64 valence electrons. The molecule has 2 aliphatic rings. The van der Waals surface area contributed by atoms with Crippen molar-refractivity contribution in [3.63, 3.8) is 0 Å². The fraction of sp³-hybridized carbons (Fsp3) is 1.00. The SMILES string of the molecule is CC[C@H]1NCC12CCOCC2. The summed E-state index contributed by atoms with van der Waals surface area (Å²) in [4.78, 5) is 0. The van der Waals surface area contributed by atoms with Crippen LogP contribution in [0.2, 0.25) is 0 Å². The van der Waals surface area contributed by atoms with Gasteiger partial charge in [-0.3, -0.25) is 0 Å². The lowest BCUT2D eigenvalue weighted by molar-refractivity contribution is -0.0474. The van der Waals surface area contributed by atoms with E-state index < -0.39 is 0 Å². The second-order valence-corrected chi connectivity index (χ2v) is 3.82. The summed E-state index contributed by atoms with van der Waals surface area (Å²) in [6.07, 6.45) is 3.83. The zero-order valence-electron chi connectivity index (χ0n) is 7.23. The van der Waals surface area contributed by atoms with Crippen LogP contribution < -0.4 is 5.32 Å². The molecule has 0 aromatic heterocycles. The highest BCUT2D eigenvalue weighted by atomic mass is 16.5. The molecule has 2 rings (SSSR count). The van der Waals surface area contributed by atoms with E-state index in [4.69, 9.17) is 4.74 Å². The molecular weight excluding hydrogens is 138 g/mol. The number of rotatable bonds is 1. The van der Waals surface area contributed by atoms with E-state index in [1.54, 1.807) is 0 Å². The normalized spacial score (nSPS) is 35.2. The molecule has 2 aliphatic heterocycles. The van der Waals surface area contributed by atoms with Gasteiger partial charge >= 0.3 is 0 Å². The van der Waals surface area contributed by atoms with Crippen LogP contribution in [0.1, 0.15) is 26.2 Å². The van der Waals surface area contributed by atoms with E-state index in [0.717, 1.165) is 19.3 Å². The summed E-state index contributed by atoms with van der Waals surface area (Å²) < 4.78 is 5.37. The predicted molar refractivity (Wildman–Crippen MR) is 44.6 cm³/mol.